The number of carbonyl (C=O) groups excluding carboxylic acids is 1. The molecule has 0 bridgehead atoms. The number of furan rings is 1. The molecule has 20 heavy (non-hydrogen) atoms. The maximum Gasteiger partial charge on any atom is 0.287 e. The molecule has 5 nitrogen and oxygen atoms in total. The van der Waals surface area contributed by atoms with Crippen LogP contribution in [0, 0.1) is 0 Å². The molecular weight excluding hydrogens is 256 g/mol. The van der Waals surface area contributed by atoms with E-state index in [2.05, 4.69) is 5.32 Å². The van der Waals surface area contributed by atoms with Crippen LogP contribution in [0.3, 0.4) is 0 Å². The fourth-order valence-corrected chi connectivity index (χ4v) is 1.81. The van der Waals surface area contributed by atoms with Crippen molar-refractivity contribution in [1.29, 1.82) is 0 Å². The number of hydrogen-bond donors (Lipinski definition) is 2. The Bertz CT molecular complexity index is 561. The lowest BCUT2D eigenvalue weighted by molar-refractivity contribution is 0.0924. The molecule has 0 saturated carbocycles. The fourth-order valence-electron chi connectivity index (χ4n) is 1.81. The van der Waals surface area contributed by atoms with Gasteiger partial charge in [-0.3, -0.25) is 4.79 Å². The lowest BCUT2D eigenvalue weighted by Gasteiger charge is -2.05. The number of ether oxygens (including phenoxy) is 1. The molecule has 0 atom stereocenters. The van der Waals surface area contributed by atoms with E-state index in [1.54, 1.807) is 19.2 Å². The molecule has 0 aliphatic heterocycles. The highest BCUT2D eigenvalue weighted by Crippen LogP contribution is 2.11. The van der Waals surface area contributed by atoms with E-state index in [0.29, 0.717) is 24.6 Å². The van der Waals surface area contributed by atoms with Crippen molar-refractivity contribution >= 4 is 5.91 Å². The second-order valence-electron chi connectivity index (χ2n) is 4.32. The van der Waals surface area contributed by atoms with Gasteiger partial charge >= 0.3 is 0 Å². The van der Waals surface area contributed by atoms with Crippen molar-refractivity contribution in [2.24, 2.45) is 5.73 Å². The first-order valence-electron chi connectivity index (χ1n) is 6.43. The summed E-state index contributed by atoms with van der Waals surface area (Å²) in [4.78, 5) is 11.8. The number of nitrogens with two attached hydrogens (primary N) is 1. The van der Waals surface area contributed by atoms with Gasteiger partial charge in [-0.05, 0) is 36.2 Å². The third-order valence-corrected chi connectivity index (χ3v) is 2.94. The summed E-state index contributed by atoms with van der Waals surface area (Å²) in [6.45, 7) is 0.836. The molecule has 0 aliphatic carbocycles. The molecule has 1 heterocycles. The van der Waals surface area contributed by atoms with Crippen LogP contribution < -0.4 is 15.8 Å². The Morgan fingerprint density at radius 1 is 1.25 bits per heavy atom. The highest BCUT2D eigenvalue weighted by atomic mass is 16.5. The van der Waals surface area contributed by atoms with Gasteiger partial charge in [-0.25, -0.2) is 0 Å². The predicted molar refractivity (Wildman–Crippen MR) is 75.6 cm³/mol. The van der Waals surface area contributed by atoms with E-state index in [-0.39, 0.29) is 5.91 Å². The van der Waals surface area contributed by atoms with E-state index in [1.807, 2.05) is 24.3 Å². The zero-order valence-electron chi connectivity index (χ0n) is 11.4. The van der Waals surface area contributed by atoms with Crippen LogP contribution in [0.15, 0.2) is 40.8 Å². The first kappa shape index (κ1) is 14.1. The Hall–Kier alpha value is -2.27. The second kappa shape index (κ2) is 6.77. The summed E-state index contributed by atoms with van der Waals surface area (Å²) in [6.07, 6.45) is 0.750. The maximum absolute atomic E-state index is 11.8. The average molecular weight is 274 g/mol. The number of amides is 1. The van der Waals surface area contributed by atoms with E-state index >= 15 is 0 Å². The third-order valence-electron chi connectivity index (χ3n) is 2.94. The molecule has 2 aromatic rings. The van der Waals surface area contributed by atoms with Crippen LogP contribution in [0.5, 0.6) is 5.75 Å². The summed E-state index contributed by atoms with van der Waals surface area (Å²) >= 11 is 0. The summed E-state index contributed by atoms with van der Waals surface area (Å²) in [5, 5.41) is 2.81. The van der Waals surface area contributed by atoms with Crippen molar-refractivity contribution in [3.63, 3.8) is 0 Å². The molecule has 0 aliphatic rings. The monoisotopic (exact) mass is 274 g/mol. The summed E-state index contributed by atoms with van der Waals surface area (Å²) < 4.78 is 10.4. The van der Waals surface area contributed by atoms with Gasteiger partial charge in [-0.1, -0.05) is 12.1 Å². The molecule has 3 N–H and O–H groups in total. The molecule has 0 fully saturated rings. The SMILES string of the molecule is COc1ccc(CCNC(=O)c2ccc(CN)o2)cc1. The molecule has 0 radical (unpaired) electrons. The van der Waals surface area contributed by atoms with Gasteiger partial charge in [0.2, 0.25) is 0 Å². The largest absolute Gasteiger partial charge is 0.497 e. The van der Waals surface area contributed by atoms with Crippen LogP contribution in [-0.2, 0) is 13.0 Å². The molecule has 1 aromatic carbocycles. The second-order valence-corrected chi connectivity index (χ2v) is 4.32. The van der Waals surface area contributed by atoms with E-state index < -0.39 is 0 Å². The fraction of sp³-hybridized carbons (Fsp3) is 0.267. The number of methoxy groups -OCH3 is 1. The number of rotatable bonds is 6. The zero-order valence-corrected chi connectivity index (χ0v) is 11.4. The van der Waals surface area contributed by atoms with Crippen molar-refractivity contribution in [3.05, 3.63) is 53.5 Å². The van der Waals surface area contributed by atoms with Crippen molar-refractivity contribution in [2.75, 3.05) is 13.7 Å². The van der Waals surface area contributed by atoms with Crippen molar-refractivity contribution < 1.29 is 13.9 Å². The van der Waals surface area contributed by atoms with E-state index in [4.69, 9.17) is 14.9 Å². The molecule has 0 spiro atoms. The Kier molecular flexibility index (Phi) is 4.79. The average Bonchev–Trinajstić information content (AvgIpc) is 2.97. The van der Waals surface area contributed by atoms with E-state index in [1.165, 1.54) is 0 Å². The maximum atomic E-state index is 11.8. The lowest BCUT2D eigenvalue weighted by Crippen LogP contribution is -2.25. The predicted octanol–water partition coefficient (Wildman–Crippen LogP) is 1.72. The molecule has 2 rings (SSSR count). The normalized spacial score (nSPS) is 10.3. The summed E-state index contributed by atoms with van der Waals surface area (Å²) in [6, 6.07) is 11.1. The Morgan fingerprint density at radius 3 is 2.60 bits per heavy atom. The van der Waals surface area contributed by atoms with Gasteiger partial charge in [0, 0.05) is 6.54 Å². The van der Waals surface area contributed by atoms with Gasteiger partial charge < -0.3 is 20.2 Å². The van der Waals surface area contributed by atoms with Crippen molar-refractivity contribution in [2.45, 2.75) is 13.0 Å². The summed E-state index contributed by atoms with van der Waals surface area (Å²) in [5.74, 6) is 1.49. The van der Waals surface area contributed by atoms with Crippen LogP contribution in [0.1, 0.15) is 21.9 Å². The van der Waals surface area contributed by atoms with Crippen LogP contribution in [0.25, 0.3) is 0 Å². The van der Waals surface area contributed by atoms with E-state index in [0.717, 1.165) is 17.7 Å². The smallest absolute Gasteiger partial charge is 0.287 e. The number of hydrogen-bond acceptors (Lipinski definition) is 4. The van der Waals surface area contributed by atoms with Gasteiger partial charge in [0.1, 0.15) is 11.5 Å². The Labute approximate surface area is 117 Å². The zero-order chi connectivity index (χ0) is 14.4. The summed E-state index contributed by atoms with van der Waals surface area (Å²) in [5.41, 5.74) is 6.56. The van der Waals surface area contributed by atoms with Crippen LogP contribution in [0.4, 0.5) is 0 Å². The highest BCUT2D eigenvalue weighted by molar-refractivity contribution is 5.91. The molecule has 0 unspecified atom stereocenters. The van der Waals surface area contributed by atoms with Gasteiger partial charge in [-0.2, -0.15) is 0 Å². The van der Waals surface area contributed by atoms with Gasteiger partial charge in [-0.15, -0.1) is 0 Å². The molecule has 5 heteroatoms. The number of carbonyl (C=O) groups is 1. The Morgan fingerprint density at radius 2 is 2.00 bits per heavy atom. The minimum absolute atomic E-state index is 0.224. The standard InChI is InChI=1S/C15H18N2O3/c1-19-12-4-2-11(3-5-12)8-9-17-15(18)14-7-6-13(10-16)20-14/h2-7H,8-10,16H2,1H3,(H,17,18). The van der Waals surface area contributed by atoms with Gasteiger partial charge in [0.05, 0.1) is 13.7 Å². The van der Waals surface area contributed by atoms with Gasteiger partial charge in [0.25, 0.3) is 5.91 Å². The van der Waals surface area contributed by atoms with E-state index in [9.17, 15) is 4.79 Å². The first-order chi connectivity index (χ1) is 9.72. The molecule has 0 saturated heterocycles. The molecule has 1 aromatic heterocycles. The number of benzene rings is 1. The summed E-state index contributed by atoms with van der Waals surface area (Å²) in [7, 11) is 1.63. The van der Waals surface area contributed by atoms with Crippen LogP contribution in [0.2, 0.25) is 0 Å². The molecular formula is C15H18N2O3. The number of nitrogens with one attached hydrogen (secondary N) is 1. The van der Waals surface area contributed by atoms with Gasteiger partial charge in [0.15, 0.2) is 5.76 Å². The highest BCUT2D eigenvalue weighted by Gasteiger charge is 2.09. The molecule has 1 amide bonds. The third kappa shape index (κ3) is 3.61. The minimum atomic E-state index is -0.224. The Balaban J connectivity index is 1.81. The molecule has 106 valence electrons. The minimum Gasteiger partial charge on any atom is -0.497 e. The topological polar surface area (TPSA) is 77.5 Å². The first-order valence-corrected chi connectivity index (χ1v) is 6.43. The van der Waals surface area contributed by atoms with Crippen molar-refractivity contribution in [1.82, 2.24) is 5.32 Å². The van der Waals surface area contributed by atoms with Crippen LogP contribution >= 0.6 is 0 Å². The van der Waals surface area contributed by atoms with Crippen molar-refractivity contribution in [3.8, 4) is 5.75 Å². The lowest BCUT2D eigenvalue weighted by atomic mass is 10.1. The van der Waals surface area contributed by atoms with Crippen LogP contribution in [-0.4, -0.2) is 19.6 Å². The quantitative estimate of drug-likeness (QED) is 0.840.